The lowest BCUT2D eigenvalue weighted by atomic mass is 9.89. The molecule has 1 amide bonds. The van der Waals surface area contributed by atoms with Crippen molar-refractivity contribution in [2.24, 2.45) is 0 Å². The van der Waals surface area contributed by atoms with Crippen molar-refractivity contribution in [1.29, 1.82) is 0 Å². The first-order chi connectivity index (χ1) is 17.2. The molecule has 0 atom stereocenters. The fourth-order valence-corrected chi connectivity index (χ4v) is 2.48. The number of hydrogen-bond acceptors (Lipinski definition) is 2. The predicted octanol–water partition coefficient (Wildman–Crippen LogP) is 7.81. The maximum atomic E-state index is 13.9. The minimum absolute atomic E-state index is 0.0106. The van der Waals surface area contributed by atoms with E-state index in [1.807, 2.05) is 0 Å². The molecule has 0 radical (unpaired) electrons. The molecule has 0 aromatic heterocycles. The smallest absolute Gasteiger partial charge is 0.460 e. The van der Waals surface area contributed by atoms with Crippen molar-refractivity contribution >= 4 is 11.6 Å². The zero-order valence-electron chi connectivity index (χ0n) is 18.7. The molecular weight excluding hydrogens is 597 g/mol. The van der Waals surface area contributed by atoms with E-state index in [1.165, 1.54) is 0 Å². The Morgan fingerprint density at radius 2 is 1.03 bits per heavy atom. The maximum Gasteiger partial charge on any atom is 0.460 e. The van der Waals surface area contributed by atoms with Crippen LogP contribution in [0.3, 0.4) is 0 Å². The van der Waals surface area contributed by atoms with Gasteiger partial charge in [-0.15, -0.1) is 0 Å². The van der Waals surface area contributed by atoms with E-state index in [-0.39, 0.29) is 12.4 Å². The van der Waals surface area contributed by atoms with E-state index in [0.29, 0.717) is 25.0 Å². The SMILES string of the molecule is CCCCOc1ccc(NC(=O)C(F)(F)C(F)(F)C(F)(F)C(F)(F)C(F)(F)C(F)(F)C(F)(F)C(F)(F)F)cc1. The van der Waals surface area contributed by atoms with Crippen LogP contribution >= 0.6 is 0 Å². The molecule has 20 heteroatoms. The summed E-state index contributed by atoms with van der Waals surface area (Å²) in [6.07, 6.45) is -6.65. The quantitative estimate of drug-likeness (QED) is 0.194. The number of anilines is 1. The lowest BCUT2D eigenvalue weighted by molar-refractivity contribution is -0.459. The van der Waals surface area contributed by atoms with Crippen molar-refractivity contribution in [2.45, 2.75) is 67.4 Å². The number of alkyl halides is 17. The van der Waals surface area contributed by atoms with E-state index < -0.39 is 59.2 Å². The minimum atomic E-state index is -8.76. The Hall–Kier alpha value is -2.70. The van der Waals surface area contributed by atoms with Gasteiger partial charge < -0.3 is 10.1 Å². The number of halogens is 17. The molecule has 1 N–H and O–H groups in total. The van der Waals surface area contributed by atoms with Crippen molar-refractivity contribution in [1.82, 2.24) is 0 Å². The molecule has 1 aromatic rings. The normalized spacial score (nSPS) is 14.8. The van der Waals surface area contributed by atoms with Crippen molar-refractivity contribution in [3.8, 4) is 5.75 Å². The van der Waals surface area contributed by atoms with E-state index in [0.717, 1.165) is 17.4 Å². The molecule has 1 rings (SSSR count). The number of rotatable bonds is 12. The molecule has 226 valence electrons. The Kier molecular flexibility index (Phi) is 9.12. The van der Waals surface area contributed by atoms with Gasteiger partial charge in [-0.3, -0.25) is 4.79 Å². The van der Waals surface area contributed by atoms with Crippen molar-refractivity contribution in [2.75, 3.05) is 11.9 Å². The zero-order chi connectivity index (χ0) is 31.1. The largest absolute Gasteiger partial charge is 0.494 e. The van der Waals surface area contributed by atoms with Crippen LogP contribution in [0, 0.1) is 0 Å². The number of benzene rings is 1. The Balaban J connectivity index is 3.40. The third kappa shape index (κ3) is 5.38. The number of carbonyl (C=O) groups excluding carboxylic acids is 1. The van der Waals surface area contributed by atoms with Gasteiger partial charge in [-0.05, 0) is 30.7 Å². The number of ether oxygens (including phenoxy) is 1. The summed E-state index contributed by atoms with van der Waals surface area (Å²) in [5.41, 5.74) is -0.935. The summed E-state index contributed by atoms with van der Waals surface area (Å²) in [7, 11) is 0. The fourth-order valence-electron chi connectivity index (χ4n) is 2.48. The number of carbonyl (C=O) groups is 1. The predicted molar refractivity (Wildman–Crippen MR) is 96.2 cm³/mol. The molecule has 0 heterocycles. The highest BCUT2D eigenvalue weighted by Gasteiger charge is 2.95. The van der Waals surface area contributed by atoms with Gasteiger partial charge in [0.1, 0.15) is 5.75 Å². The van der Waals surface area contributed by atoms with Gasteiger partial charge in [-0.2, -0.15) is 74.6 Å². The van der Waals surface area contributed by atoms with Crippen LogP contribution in [-0.2, 0) is 4.79 Å². The number of unbranched alkanes of at least 4 members (excludes halogenated alkanes) is 1. The highest BCUT2D eigenvalue weighted by molar-refractivity contribution is 5.97. The van der Waals surface area contributed by atoms with Crippen LogP contribution in [0.4, 0.5) is 80.3 Å². The van der Waals surface area contributed by atoms with Crippen molar-refractivity contribution in [3.05, 3.63) is 24.3 Å². The molecule has 0 saturated heterocycles. The third-order valence-electron chi connectivity index (χ3n) is 4.89. The Morgan fingerprint density at radius 3 is 1.41 bits per heavy atom. The molecule has 39 heavy (non-hydrogen) atoms. The zero-order valence-corrected chi connectivity index (χ0v) is 18.7. The molecule has 0 aliphatic rings. The van der Waals surface area contributed by atoms with Gasteiger partial charge in [0.2, 0.25) is 0 Å². The average Bonchev–Trinajstić information content (AvgIpc) is 2.78. The van der Waals surface area contributed by atoms with E-state index >= 15 is 0 Å². The first-order valence-corrected chi connectivity index (χ1v) is 9.94. The third-order valence-corrected chi connectivity index (χ3v) is 4.89. The standard InChI is InChI=1S/C19H14F17NO2/c1-2-3-8-39-10-6-4-9(5-7-10)37-11(38)12(20,21)13(22,23)14(24,25)15(26,27)16(28,29)17(30,31)18(32,33)19(34,35)36/h4-7H,2-3,8H2,1H3,(H,37,38). The van der Waals surface area contributed by atoms with Crippen LogP contribution in [0.5, 0.6) is 5.75 Å². The lowest BCUT2D eigenvalue weighted by Crippen LogP contribution is -2.75. The second kappa shape index (κ2) is 10.4. The second-order valence-electron chi connectivity index (χ2n) is 7.70. The summed E-state index contributed by atoms with van der Waals surface area (Å²) in [5.74, 6) is -61.8. The average molecular weight is 611 g/mol. The first kappa shape index (κ1) is 34.3. The van der Waals surface area contributed by atoms with Crippen LogP contribution in [-0.4, -0.2) is 60.1 Å². The summed E-state index contributed by atoms with van der Waals surface area (Å²) in [4.78, 5) is 11.5. The molecule has 0 bridgehead atoms. The van der Waals surface area contributed by atoms with Gasteiger partial charge in [-0.1, -0.05) is 13.3 Å². The fraction of sp³-hybridized carbons (Fsp3) is 0.632. The Morgan fingerprint density at radius 1 is 0.641 bits per heavy atom. The monoisotopic (exact) mass is 611 g/mol. The van der Waals surface area contributed by atoms with Gasteiger partial charge in [0, 0.05) is 5.69 Å². The summed E-state index contributed by atoms with van der Waals surface area (Å²) < 4.78 is 231. The Labute approximate surface area is 206 Å². The molecule has 3 nitrogen and oxygen atoms in total. The van der Waals surface area contributed by atoms with Crippen LogP contribution in [0.15, 0.2) is 24.3 Å². The molecule has 0 fully saturated rings. The number of hydrogen-bond donors (Lipinski definition) is 1. The summed E-state index contributed by atoms with van der Waals surface area (Å²) in [5, 5.41) is 0.812. The second-order valence-corrected chi connectivity index (χ2v) is 7.70. The maximum absolute atomic E-state index is 13.9. The highest BCUT2D eigenvalue weighted by atomic mass is 19.4. The van der Waals surface area contributed by atoms with Crippen LogP contribution in [0.1, 0.15) is 19.8 Å². The summed E-state index contributed by atoms with van der Waals surface area (Å²) in [6, 6.07) is 3.03. The van der Waals surface area contributed by atoms with Gasteiger partial charge >= 0.3 is 53.5 Å². The highest BCUT2D eigenvalue weighted by Crippen LogP contribution is 2.64. The van der Waals surface area contributed by atoms with Gasteiger partial charge in [0.25, 0.3) is 0 Å². The van der Waals surface area contributed by atoms with Gasteiger partial charge in [0.15, 0.2) is 0 Å². The van der Waals surface area contributed by atoms with Crippen molar-refractivity contribution in [3.63, 3.8) is 0 Å². The minimum Gasteiger partial charge on any atom is -0.494 e. The van der Waals surface area contributed by atoms with Crippen LogP contribution in [0.25, 0.3) is 0 Å². The molecular formula is C19H14F17NO2. The topological polar surface area (TPSA) is 38.3 Å². The van der Waals surface area contributed by atoms with E-state index in [2.05, 4.69) is 0 Å². The molecule has 1 aromatic carbocycles. The van der Waals surface area contributed by atoms with Crippen LogP contribution < -0.4 is 10.1 Å². The van der Waals surface area contributed by atoms with E-state index in [1.54, 1.807) is 6.92 Å². The molecule has 0 aliphatic heterocycles. The van der Waals surface area contributed by atoms with Crippen LogP contribution in [0.2, 0.25) is 0 Å². The van der Waals surface area contributed by atoms with E-state index in [9.17, 15) is 79.4 Å². The number of amides is 1. The van der Waals surface area contributed by atoms with Crippen molar-refractivity contribution < 1.29 is 84.2 Å². The molecule has 0 aliphatic carbocycles. The first-order valence-electron chi connectivity index (χ1n) is 9.94. The Bertz CT molecular complexity index is 1000. The molecule has 0 spiro atoms. The van der Waals surface area contributed by atoms with Gasteiger partial charge in [0.05, 0.1) is 6.61 Å². The molecule has 0 unspecified atom stereocenters. The summed E-state index contributed by atoms with van der Waals surface area (Å²) in [6.45, 7) is 1.89. The molecule has 0 saturated carbocycles. The lowest BCUT2D eigenvalue weighted by Gasteiger charge is -2.42. The number of nitrogens with one attached hydrogen (secondary N) is 1. The van der Waals surface area contributed by atoms with E-state index in [4.69, 9.17) is 4.74 Å². The van der Waals surface area contributed by atoms with Gasteiger partial charge in [-0.25, -0.2) is 0 Å². The summed E-state index contributed by atoms with van der Waals surface area (Å²) >= 11 is 0.